The van der Waals surface area contributed by atoms with Gasteiger partial charge in [-0.1, -0.05) is 84.9 Å². The molecular weight excluding hydrogens is 508 g/mol. The van der Waals surface area contributed by atoms with Gasteiger partial charge in [-0.2, -0.15) is 0 Å². The molecule has 1 aliphatic rings. The summed E-state index contributed by atoms with van der Waals surface area (Å²) in [5.41, 5.74) is 4.13. The van der Waals surface area contributed by atoms with Gasteiger partial charge < -0.3 is 9.84 Å². The summed E-state index contributed by atoms with van der Waals surface area (Å²) >= 11 is 1.39. The van der Waals surface area contributed by atoms with Crippen molar-refractivity contribution in [3.8, 4) is 5.75 Å². The van der Waals surface area contributed by atoms with Crippen molar-refractivity contribution in [1.29, 1.82) is 0 Å². The third kappa shape index (κ3) is 6.83. The summed E-state index contributed by atoms with van der Waals surface area (Å²) in [6.07, 6.45) is 1.88. The van der Waals surface area contributed by atoms with Gasteiger partial charge in [-0.3, -0.25) is 14.7 Å². The summed E-state index contributed by atoms with van der Waals surface area (Å²) in [7, 11) is 0. The molecule has 1 saturated heterocycles. The Morgan fingerprint density at radius 1 is 0.821 bits per heavy atom. The van der Waals surface area contributed by atoms with E-state index in [0.717, 1.165) is 22.3 Å². The number of benzene rings is 4. The summed E-state index contributed by atoms with van der Waals surface area (Å²) in [4.78, 5) is 31.6. The van der Waals surface area contributed by atoms with E-state index < -0.39 is 5.97 Å². The highest BCUT2D eigenvalue weighted by Crippen LogP contribution is 2.34. The lowest BCUT2D eigenvalue weighted by Crippen LogP contribution is -2.28. The molecule has 1 aliphatic heterocycles. The third-order valence-electron chi connectivity index (χ3n) is 6.10. The van der Waals surface area contributed by atoms with Gasteiger partial charge in [0.2, 0.25) is 0 Å². The lowest BCUT2D eigenvalue weighted by atomic mass is 10.1. The largest absolute Gasteiger partial charge is 0.489 e. The van der Waals surface area contributed by atoms with Crippen LogP contribution in [-0.4, -0.2) is 27.1 Å². The summed E-state index contributed by atoms with van der Waals surface area (Å²) in [6, 6.07) is 34.0. The van der Waals surface area contributed by atoms with Crippen molar-refractivity contribution in [2.75, 3.05) is 0 Å². The molecule has 5 rings (SSSR count). The smallest absolute Gasteiger partial charge is 0.335 e. The average Bonchev–Trinajstić information content (AvgIpc) is 3.26. The number of hydrogen-bond donors (Lipinski definition) is 1. The van der Waals surface area contributed by atoms with Crippen LogP contribution in [0.5, 0.6) is 5.75 Å². The second-order valence-electron chi connectivity index (χ2n) is 8.93. The lowest BCUT2D eigenvalue weighted by Gasteiger charge is -2.15. The Hall–Kier alpha value is -4.62. The molecule has 0 atom stereocenters. The number of aliphatic imine (C=N–C) groups is 1. The van der Waals surface area contributed by atoms with Crippen molar-refractivity contribution >= 4 is 34.9 Å². The van der Waals surface area contributed by atoms with Gasteiger partial charge >= 0.3 is 5.97 Å². The quantitative estimate of drug-likeness (QED) is 0.244. The minimum Gasteiger partial charge on any atom is -0.489 e. The van der Waals surface area contributed by atoms with Gasteiger partial charge in [-0.15, -0.1) is 0 Å². The van der Waals surface area contributed by atoms with Crippen LogP contribution in [-0.2, 0) is 24.5 Å². The Labute approximate surface area is 231 Å². The summed E-state index contributed by atoms with van der Waals surface area (Å²) in [5.74, 6) is -0.342. The number of carboxylic acids is 1. The van der Waals surface area contributed by atoms with E-state index in [1.807, 2.05) is 91.0 Å². The van der Waals surface area contributed by atoms with Gasteiger partial charge in [0, 0.05) is 0 Å². The number of aromatic carboxylic acids is 1. The first-order chi connectivity index (χ1) is 19.0. The van der Waals surface area contributed by atoms with E-state index in [1.54, 1.807) is 29.2 Å². The van der Waals surface area contributed by atoms with Crippen LogP contribution in [0.3, 0.4) is 0 Å². The predicted octanol–water partition coefficient (Wildman–Crippen LogP) is 6.64. The zero-order valence-electron chi connectivity index (χ0n) is 21.1. The van der Waals surface area contributed by atoms with Gasteiger partial charge in [-0.05, 0) is 64.4 Å². The Bertz CT molecular complexity index is 1500. The molecule has 7 heteroatoms. The van der Waals surface area contributed by atoms with Gasteiger partial charge in [0.05, 0.1) is 23.6 Å². The number of rotatable bonds is 9. The van der Waals surface area contributed by atoms with Crippen LogP contribution in [0.1, 0.15) is 32.6 Å². The Kier molecular flexibility index (Phi) is 8.19. The van der Waals surface area contributed by atoms with Crippen LogP contribution in [0.4, 0.5) is 0 Å². The van der Waals surface area contributed by atoms with E-state index in [4.69, 9.17) is 14.8 Å². The molecule has 1 fully saturated rings. The predicted molar refractivity (Wildman–Crippen MR) is 154 cm³/mol. The van der Waals surface area contributed by atoms with Gasteiger partial charge in [0.1, 0.15) is 12.4 Å². The van der Waals surface area contributed by atoms with Crippen LogP contribution < -0.4 is 4.74 Å². The van der Waals surface area contributed by atoms with Gasteiger partial charge in [0.15, 0.2) is 5.17 Å². The zero-order chi connectivity index (χ0) is 27.0. The Morgan fingerprint density at radius 2 is 1.46 bits per heavy atom. The molecule has 0 spiro atoms. The number of hydrogen-bond acceptors (Lipinski definition) is 5. The zero-order valence-corrected chi connectivity index (χ0v) is 21.9. The van der Waals surface area contributed by atoms with Crippen molar-refractivity contribution in [3.63, 3.8) is 0 Å². The molecule has 0 aliphatic carbocycles. The molecule has 4 aromatic carbocycles. The second kappa shape index (κ2) is 12.3. The van der Waals surface area contributed by atoms with Crippen molar-refractivity contribution < 1.29 is 19.4 Å². The van der Waals surface area contributed by atoms with E-state index in [9.17, 15) is 9.59 Å². The highest BCUT2D eigenvalue weighted by atomic mass is 32.2. The fourth-order valence-electron chi connectivity index (χ4n) is 4.00. The summed E-state index contributed by atoms with van der Waals surface area (Å²) < 4.78 is 5.85. The van der Waals surface area contributed by atoms with Crippen molar-refractivity contribution in [1.82, 2.24) is 4.90 Å². The van der Waals surface area contributed by atoms with Gasteiger partial charge in [-0.25, -0.2) is 4.79 Å². The molecule has 0 bridgehead atoms. The molecule has 0 saturated carbocycles. The highest BCUT2D eigenvalue weighted by Gasteiger charge is 2.33. The van der Waals surface area contributed by atoms with Crippen LogP contribution >= 0.6 is 11.8 Å². The number of amidine groups is 1. The molecule has 1 N–H and O–H groups in total. The highest BCUT2D eigenvalue weighted by molar-refractivity contribution is 8.18. The van der Waals surface area contributed by atoms with Crippen LogP contribution in [0, 0.1) is 0 Å². The fraction of sp³-hybridized carbons (Fsp3) is 0.0938. The molecule has 0 unspecified atom stereocenters. The molecule has 6 nitrogen and oxygen atoms in total. The molecule has 1 heterocycles. The maximum atomic E-state index is 13.4. The van der Waals surface area contributed by atoms with Crippen molar-refractivity contribution in [2.45, 2.75) is 19.7 Å². The number of amides is 1. The Balaban J connectivity index is 1.29. The first kappa shape index (κ1) is 26.0. The second-order valence-corrected chi connectivity index (χ2v) is 9.94. The van der Waals surface area contributed by atoms with Gasteiger partial charge in [0.25, 0.3) is 5.91 Å². The molecular formula is C32H26N2O4S. The molecule has 4 aromatic rings. The number of thioether (sulfide) groups is 1. The van der Waals surface area contributed by atoms with E-state index in [0.29, 0.717) is 35.5 Å². The molecule has 0 aromatic heterocycles. The average molecular weight is 535 g/mol. The number of carbonyl (C=O) groups is 2. The molecule has 0 radical (unpaired) electrons. The summed E-state index contributed by atoms with van der Waals surface area (Å²) in [5, 5.41) is 9.72. The fourth-order valence-corrected chi connectivity index (χ4v) is 4.97. The maximum Gasteiger partial charge on any atom is 0.335 e. The normalized spacial score (nSPS) is 15.2. The number of carboxylic acid groups (broad SMARTS) is 1. The minimum absolute atomic E-state index is 0.0687. The van der Waals surface area contributed by atoms with E-state index >= 15 is 0 Å². The van der Waals surface area contributed by atoms with E-state index in [1.165, 1.54) is 11.8 Å². The monoisotopic (exact) mass is 534 g/mol. The van der Waals surface area contributed by atoms with Crippen LogP contribution in [0.2, 0.25) is 0 Å². The van der Waals surface area contributed by atoms with E-state index in [2.05, 4.69) is 0 Å². The first-order valence-electron chi connectivity index (χ1n) is 12.4. The number of ether oxygens (including phenoxy) is 1. The lowest BCUT2D eigenvalue weighted by molar-refractivity contribution is -0.122. The van der Waals surface area contributed by atoms with Crippen molar-refractivity contribution in [2.24, 2.45) is 4.99 Å². The first-order valence-corrected chi connectivity index (χ1v) is 13.3. The topological polar surface area (TPSA) is 79.2 Å². The minimum atomic E-state index is -0.955. The SMILES string of the molecule is O=C(O)c1ccc(COc2ccc(/C=C3/SC(=NCc4ccccc4)N(Cc4ccccc4)C3=O)cc2)cc1. The van der Waals surface area contributed by atoms with E-state index in [-0.39, 0.29) is 11.5 Å². The summed E-state index contributed by atoms with van der Waals surface area (Å²) in [6.45, 7) is 1.28. The van der Waals surface area contributed by atoms with Crippen LogP contribution in [0.25, 0.3) is 6.08 Å². The standard InChI is InChI=1S/C32H26N2O4S/c35-30-29(19-23-13-17-28(18-14-23)38-22-26-11-15-27(16-12-26)31(36)37)39-32(33-20-24-7-3-1-4-8-24)34(30)21-25-9-5-2-6-10-25/h1-19H,20-22H2,(H,36,37)/b29-19+,33-32?. The Morgan fingerprint density at radius 3 is 2.10 bits per heavy atom. The van der Waals surface area contributed by atoms with Crippen molar-refractivity contribution in [3.05, 3.63) is 142 Å². The number of nitrogens with zero attached hydrogens (tertiary/aromatic N) is 2. The maximum absolute atomic E-state index is 13.4. The molecule has 194 valence electrons. The third-order valence-corrected chi connectivity index (χ3v) is 7.14. The molecule has 39 heavy (non-hydrogen) atoms. The van der Waals surface area contributed by atoms with Crippen LogP contribution in [0.15, 0.2) is 119 Å². The molecule has 1 amide bonds. The number of carbonyl (C=O) groups excluding carboxylic acids is 1.